The number of halogens is 3. The molecule has 3 aromatic rings. The molecule has 0 bridgehead atoms. The maximum atomic E-state index is 13.1. The molecule has 0 saturated carbocycles. The fourth-order valence-electron chi connectivity index (χ4n) is 3.43. The van der Waals surface area contributed by atoms with Crippen molar-refractivity contribution in [2.75, 3.05) is 22.5 Å². The predicted octanol–water partition coefficient (Wildman–Crippen LogP) is 5.32. The number of aryl methyl sites for hydroxylation is 1. The smallest absolute Gasteiger partial charge is 0.416 e. The molecule has 0 radical (unpaired) electrons. The lowest BCUT2D eigenvalue weighted by Crippen LogP contribution is -2.46. The fraction of sp³-hybridized carbons (Fsp3) is 0.308. The minimum absolute atomic E-state index is 0.0125. The Bertz CT molecular complexity index is 1290. The van der Waals surface area contributed by atoms with Gasteiger partial charge in [0.2, 0.25) is 5.88 Å². The van der Waals surface area contributed by atoms with E-state index in [1.807, 2.05) is 0 Å². The number of ether oxygens (including phenoxy) is 2. The van der Waals surface area contributed by atoms with Gasteiger partial charge in [0.1, 0.15) is 23.5 Å². The van der Waals surface area contributed by atoms with Crippen molar-refractivity contribution in [1.82, 2.24) is 9.97 Å². The number of anilines is 3. The molecular formula is C26H29F3N6O4. The van der Waals surface area contributed by atoms with Gasteiger partial charge in [0.05, 0.1) is 5.56 Å². The van der Waals surface area contributed by atoms with Crippen molar-refractivity contribution in [1.29, 1.82) is 0 Å². The largest absolute Gasteiger partial charge is 0.460 e. The zero-order valence-corrected chi connectivity index (χ0v) is 21.5. The number of amides is 2. The van der Waals surface area contributed by atoms with Crippen LogP contribution in [0.2, 0.25) is 0 Å². The van der Waals surface area contributed by atoms with Gasteiger partial charge in [-0.2, -0.15) is 13.2 Å². The maximum Gasteiger partial charge on any atom is 0.416 e. The second-order valence-electron chi connectivity index (χ2n) is 9.11. The van der Waals surface area contributed by atoms with Gasteiger partial charge in [-0.25, -0.2) is 14.8 Å². The summed E-state index contributed by atoms with van der Waals surface area (Å²) in [5.41, 5.74) is 4.93. The monoisotopic (exact) mass is 546 g/mol. The van der Waals surface area contributed by atoms with Crippen LogP contribution in [0.4, 0.5) is 35.2 Å². The van der Waals surface area contributed by atoms with Crippen LogP contribution < -0.4 is 26.4 Å². The summed E-state index contributed by atoms with van der Waals surface area (Å²) in [6, 6.07) is 10.4. The molecule has 0 aliphatic rings. The number of alkyl halides is 3. The Hall–Kier alpha value is -4.39. The third kappa shape index (κ3) is 8.57. The highest BCUT2D eigenvalue weighted by Crippen LogP contribution is 2.33. The van der Waals surface area contributed by atoms with E-state index in [2.05, 4.69) is 25.9 Å². The molecule has 208 valence electrons. The van der Waals surface area contributed by atoms with Crippen molar-refractivity contribution in [2.45, 2.75) is 45.0 Å². The first kappa shape index (κ1) is 29.2. The van der Waals surface area contributed by atoms with E-state index < -0.39 is 29.4 Å². The van der Waals surface area contributed by atoms with Crippen LogP contribution in [-0.2, 0) is 15.7 Å². The molecule has 1 aromatic heterocycles. The number of nitrogens with two attached hydrogens (primary N) is 1. The summed E-state index contributed by atoms with van der Waals surface area (Å²) >= 11 is 0. The van der Waals surface area contributed by atoms with Gasteiger partial charge in [-0.1, -0.05) is 6.07 Å². The second-order valence-corrected chi connectivity index (χ2v) is 9.11. The molecule has 3 rings (SSSR count). The first-order valence-corrected chi connectivity index (χ1v) is 11.8. The Kier molecular flexibility index (Phi) is 9.30. The van der Waals surface area contributed by atoms with Crippen LogP contribution in [-0.4, -0.2) is 40.7 Å². The van der Waals surface area contributed by atoms with Crippen molar-refractivity contribution >= 4 is 29.7 Å². The number of benzene rings is 2. The van der Waals surface area contributed by atoms with Gasteiger partial charge < -0.3 is 31.2 Å². The normalized spacial score (nSPS) is 12.3. The van der Waals surface area contributed by atoms with E-state index in [1.165, 1.54) is 25.4 Å². The molecular weight excluding hydrogens is 517 g/mol. The average molecular weight is 547 g/mol. The standard InChI is InChI=1S/C26H29F3N6O4/c1-16-4-5-18(12-20(16)26(27,28)29)35-24(37)34-17-6-8-19(9-7-17)39-23-13-22(32-14-33-23)31-11-10-21(30)25(2,3)38-15-36/h4-9,12-15,21H,10-11,30H2,1-3H3,(H,31,32,33)(H2,34,35,37). The Morgan fingerprint density at radius 2 is 1.72 bits per heavy atom. The molecule has 2 amide bonds. The summed E-state index contributed by atoms with van der Waals surface area (Å²) < 4.78 is 50.1. The summed E-state index contributed by atoms with van der Waals surface area (Å²) in [5.74, 6) is 1.19. The third-order valence-corrected chi connectivity index (χ3v) is 5.78. The van der Waals surface area contributed by atoms with Crippen LogP contribution in [0.3, 0.4) is 0 Å². The minimum Gasteiger partial charge on any atom is -0.460 e. The van der Waals surface area contributed by atoms with Crippen molar-refractivity contribution in [3.63, 3.8) is 0 Å². The molecule has 0 saturated heterocycles. The van der Waals surface area contributed by atoms with Gasteiger partial charge >= 0.3 is 12.2 Å². The van der Waals surface area contributed by atoms with E-state index in [0.29, 0.717) is 36.7 Å². The van der Waals surface area contributed by atoms with Gasteiger partial charge in [0.25, 0.3) is 6.47 Å². The number of urea groups is 1. The number of rotatable bonds is 11. The molecule has 1 unspecified atom stereocenters. The maximum absolute atomic E-state index is 13.1. The lowest BCUT2D eigenvalue weighted by atomic mass is 9.96. The first-order valence-electron chi connectivity index (χ1n) is 11.8. The van der Waals surface area contributed by atoms with Gasteiger partial charge in [-0.3, -0.25) is 4.79 Å². The second kappa shape index (κ2) is 12.4. The van der Waals surface area contributed by atoms with Gasteiger partial charge in [-0.05, 0) is 69.2 Å². The number of hydrogen-bond donors (Lipinski definition) is 4. The van der Waals surface area contributed by atoms with Crippen molar-refractivity contribution in [2.24, 2.45) is 5.73 Å². The van der Waals surface area contributed by atoms with E-state index in [0.717, 1.165) is 6.07 Å². The van der Waals surface area contributed by atoms with Gasteiger partial charge in [0, 0.05) is 30.0 Å². The molecule has 2 aromatic carbocycles. The highest BCUT2D eigenvalue weighted by Gasteiger charge is 2.32. The fourth-order valence-corrected chi connectivity index (χ4v) is 3.43. The van der Waals surface area contributed by atoms with Crippen molar-refractivity contribution in [3.8, 4) is 11.6 Å². The van der Waals surface area contributed by atoms with E-state index in [1.54, 1.807) is 44.2 Å². The number of carbonyl (C=O) groups excluding carboxylic acids is 2. The Balaban J connectivity index is 1.53. The molecule has 0 fully saturated rings. The molecule has 0 spiro atoms. The molecule has 1 atom stereocenters. The summed E-state index contributed by atoms with van der Waals surface area (Å²) in [7, 11) is 0. The van der Waals surface area contributed by atoms with E-state index in [4.69, 9.17) is 15.2 Å². The van der Waals surface area contributed by atoms with Crippen LogP contribution in [0, 0.1) is 6.92 Å². The zero-order valence-electron chi connectivity index (χ0n) is 21.5. The Morgan fingerprint density at radius 3 is 2.38 bits per heavy atom. The molecule has 1 heterocycles. The van der Waals surface area contributed by atoms with E-state index >= 15 is 0 Å². The van der Waals surface area contributed by atoms with Crippen LogP contribution in [0.15, 0.2) is 54.9 Å². The van der Waals surface area contributed by atoms with Crippen LogP contribution in [0.5, 0.6) is 11.6 Å². The molecule has 39 heavy (non-hydrogen) atoms. The molecule has 0 aliphatic carbocycles. The predicted molar refractivity (Wildman–Crippen MR) is 140 cm³/mol. The molecule has 5 N–H and O–H groups in total. The Labute approximate surface area is 223 Å². The topological polar surface area (TPSA) is 140 Å². The van der Waals surface area contributed by atoms with Gasteiger partial charge in [0.15, 0.2) is 0 Å². The van der Waals surface area contributed by atoms with E-state index in [-0.39, 0.29) is 17.1 Å². The van der Waals surface area contributed by atoms with Gasteiger partial charge in [-0.15, -0.1) is 0 Å². The quantitative estimate of drug-likeness (QED) is 0.237. The summed E-state index contributed by atoms with van der Waals surface area (Å²) in [4.78, 5) is 31.1. The minimum atomic E-state index is -4.52. The van der Waals surface area contributed by atoms with Crippen LogP contribution >= 0.6 is 0 Å². The summed E-state index contributed by atoms with van der Waals surface area (Å²) in [6.07, 6.45) is -2.69. The van der Waals surface area contributed by atoms with Crippen LogP contribution in [0.1, 0.15) is 31.4 Å². The van der Waals surface area contributed by atoms with Crippen molar-refractivity contribution in [3.05, 3.63) is 66.0 Å². The average Bonchev–Trinajstić information content (AvgIpc) is 2.86. The number of nitrogens with one attached hydrogen (secondary N) is 3. The SMILES string of the molecule is Cc1ccc(NC(=O)Nc2ccc(Oc3cc(NCCC(N)C(C)(C)OC=O)ncn3)cc2)cc1C(F)(F)F. The lowest BCUT2D eigenvalue weighted by molar-refractivity contribution is -0.142. The van der Waals surface area contributed by atoms with E-state index in [9.17, 15) is 22.8 Å². The van der Waals surface area contributed by atoms with Crippen molar-refractivity contribution < 1.29 is 32.2 Å². The first-order chi connectivity index (χ1) is 18.4. The number of nitrogens with zero attached hydrogens (tertiary/aromatic N) is 2. The summed E-state index contributed by atoms with van der Waals surface area (Å²) in [5, 5.41) is 8.06. The molecule has 13 heteroatoms. The number of aromatic nitrogens is 2. The lowest BCUT2D eigenvalue weighted by Gasteiger charge is -2.29. The highest BCUT2D eigenvalue weighted by molar-refractivity contribution is 5.99. The highest BCUT2D eigenvalue weighted by atomic mass is 19.4. The van der Waals surface area contributed by atoms with Crippen LogP contribution in [0.25, 0.3) is 0 Å². The molecule has 10 nitrogen and oxygen atoms in total. The Morgan fingerprint density at radius 1 is 1.05 bits per heavy atom. The third-order valence-electron chi connectivity index (χ3n) is 5.78. The molecule has 0 aliphatic heterocycles. The summed E-state index contributed by atoms with van der Waals surface area (Å²) in [6.45, 7) is 5.65. The zero-order chi connectivity index (χ0) is 28.6. The number of hydrogen-bond acceptors (Lipinski definition) is 8. The number of carbonyl (C=O) groups is 2.